The van der Waals surface area contributed by atoms with Crippen LogP contribution >= 0.6 is 0 Å². The van der Waals surface area contributed by atoms with Crippen molar-refractivity contribution in [2.75, 3.05) is 13.6 Å². The molecule has 2 N–H and O–H groups in total. The van der Waals surface area contributed by atoms with E-state index in [1.807, 2.05) is 7.05 Å². The molecule has 1 atom stereocenters. The monoisotopic (exact) mass is 204 g/mol. The summed E-state index contributed by atoms with van der Waals surface area (Å²) in [5.74, 6) is 0. The highest BCUT2D eigenvalue weighted by molar-refractivity contribution is 5.46. The quantitative estimate of drug-likeness (QED) is 0.682. The normalized spacial score (nSPS) is 32.5. The molecule has 2 aliphatic rings. The van der Waals surface area contributed by atoms with Crippen LogP contribution in [0.3, 0.4) is 0 Å². The van der Waals surface area contributed by atoms with Crippen LogP contribution in [0.25, 0.3) is 0 Å². The fraction of sp³-hybridized carbons (Fsp3) is 0.538. The zero-order valence-corrected chi connectivity index (χ0v) is 10.0. The lowest BCUT2D eigenvalue weighted by Crippen LogP contribution is -2.36. The number of allylic oxidation sites excluding steroid dienone is 3. The highest BCUT2D eigenvalue weighted by Crippen LogP contribution is 2.38. The molecule has 0 saturated carbocycles. The van der Waals surface area contributed by atoms with Crippen molar-refractivity contribution in [3.63, 3.8) is 0 Å². The second-order valence-electron chi connectivity index (χ2n) is 5.27. The van der Waals surface area contributed by atoms with E-state index in [-0.39, 0.29) is 11.0 Å². The van der Waals surface area contributed by atoms with Gasteiger partial charge in [0.05, 0.1) is 5.54 Å². The first-order valence-corrected chi connectivity index (χ1v) is 5.53. The van der Waals surface area contributed by atoms with E-state index >= 15 is 0 Å². The third kappa shape index (κ3) is 1.74. The minimum Gasteiger partial charge on any atom is -0.384 e. The predicted molar refractivity (Wildman–Crippen MR) is 64.6 cm³/mol. The number of hydrogen-bond donors (Lipinski definition) is 2. The van der Waals surface area contributed by atoms with Gasteiger partial charge in [0.25, 0.3) is 0 Å². The zero-order valence-electron chi connectivity index (χ0n) is 10.0. The Morgan fingerprint density at radius 3 is 2.73 bits per heavy atom. The lowest BCUT2D eigenvalue weighted by Gasteiger charge is -2.25. The minimum absolute atomic E-state index is 0.0309. The Balaban J connectivity index is 2.47. The molecule has 0 radical (unpaired) electrons. The van der Waals surface area contributed by atoms with Crippen molar-refractivity contribution in [1.29, 1.82) is 0 Å². The molecule has 82 valence electrons. The Labute approximate surface area is 92.1 Å². The van der Waals surface area contributed by atoms with Gasteiger partial charge < -0.3 is 10.6 Å². The van der Waals surface area contributed by atoms with Gasteiger partial charge in [0.1, 0.15) is 0 Å². The van der Waals surface area contributed by atoms with Gasteiger partial charge in [-0.05, 0) is 25.6 Å². The van der Waals surface area contributed by atoms with Gasteiger partial charge in [0.2, 0.25) is 0 Å². The first-order valence-electron chi connectivity index (χ1n) is 5.53. The van der Waals surface area contributed by atoms with Crippen molar-refractivity contribution >= 4 is 0 Å². The fourth-order valence-electron chi connectivity index (χ4n) is 2.14. The van der Waals surface area contributed by atoms with Crippen molar-refractivity contribution in [2.24, 2.45) is 5.41 Å². The molecule has 2 nitrogen and oxygen atoms in total. The molecule has 1 unspecified atom stereocenters. The Morgan fingerprint density at radius 2 is 2.07 bits per heavy atom. The lowest BCUT2D eigenvalue weighted by molar-refractivity contribution is 0.479. The van der Waals surface area contributed by atoms with Crippen molar-refractivity contribution in [3.05, 3.63) is 35.6 Å². The van der Waals surface area contributed by atoms with Gasteiger partial charge in [-0.2, -0.15) is 0 Å². The molecule has 1 aliphatic carbocycles. The highest BCUT2D eigenvalue weighted by Gasteiger charge is 2.34. The fourth-order valence-corrected chi connectivity index (χ4v) is 2.14. The first-order chi connectivity index (χ1) is 6.97. The van der Waals surface area contributed by atoms with Gasteiger partial charge in [-0.15, -0.1) is 0 Å². The maximum atomic E-state index is 3.46. The van der Waals surface area contributed by atoms with Crippen molar-refractivity contribution in [1.82, 2.24) is 10.6 Å². The first kappa shape index (κ1) is 10.5. The van der Waals surface area contributed by atoms with Crippen LogP contribution in [0.4, 0.5) is 0 Å². The van der Waals surface area contributed by atoms with E-state index in [2.05, 4.69) is 55.7 Å². The molecule has 2 rings (SSSR count). The maximum absolute atomic E-state index is 3.46. The van der Waals surface area contributed by atoms with Crippen LogP contribution < -0.4 is 10.6 Å². The molecule has 0 aromatic rings. The van der Waals surface area contributed by atoms with Gasteiger partial charge in [0.15, 0.2) is 0 Å². The van der Waals surface area contributed by atoms with Crippen molar-refractivity contribution in [3.8, 4) is 0 Å². The molecule has 0 bridgehead atoms. The minimum atomic E-state index is -0.0309. The SMILES string of the molecule is CNC1(C)C=CC=C2NCC(C)(C)C2=C1. The Bertz CT molecular complexity index is 361. The lowest BCUT2D eigenvalue weighted by atomic mass is 9.83. The highest BCUT2D eigenvalue weighted by atomic mass is 15.0. The third-order valence-electron chi connectivity index (χ3n) is 3.43. The van der Waals surface area contributed by atoms with Gasteiger partial charge in [-0.1, -0.05) is 32.1 Å². The smallest absolute Gasteiger partial charge is 0.0528 e. The summed E-state index contributed by atoms with van der Waals surface area (Å²) in [5.41, 5.74) is 2.90. The average molecular weight is 204 g/mol. The molecule has 1 heterocycles. The molecule has 0 amide bonds. The van der Waals surface area contributed by atoms with Crippen molar-refractivity contribution in [2.45, 2.75) is 26.3 Å². The van der Waals surface area contributed by atoms with E-state index in [9.17, 15) is 0 Å². The summed E-state index contributed by atoms with van der Waals surface area (Å²) in [6.45, 7) is 7.79. The Kier molecular flexibility index (Phi) is 2.27. The Hall–Kier alpha value is -1.02. The van der Waals surface area contributed by atoms with Gasteiger partial charge in [0, 0.05) is 17.7 Å². The topological polar surface area (TPSA) is 24.1 Å². The maximum Gasteiger partial charge on any atom is 0.0528 e. The van der Waals surface area contributed by atoms with Crippen molar-refractivity contribution < 1.29 is 0 Å². The molecular formula is C13H20N2. The molecule has 0 spiro atoms. The largest absolute Gasteiger partial charge is 0.384 e. The molecule has 1 aliphatic heterocycles. The summed E-state index contributed by atoms with van der Waals surface area (Å²) >= 11 is 0. The summed E-state index contributed by atoms with van der Waals surface area (Å²) in [7, 11) is 2.00. The summed E-state index contributed by atoms with van der Waals surface area (Å²) in [4.78, 5) is 0. The van der Waals surface area contributed by atoms with Gasteiger partial charge in [-0.25, -0.2) is 0 Å². The molecule has 1 saturated heterocycles. The van der Waals surface area contributed by atoms with E-state index in [1.165, 1.54) is 11.3 Å². The van der Waals surface area contributed by atoms with Crippen LogP contribution in [0.2, 0.25) is 0 Å². The molecule has 15 heavy (non-hydrogen) atoms. The number of nitrogens with one attached hydrogen (secondary N) is 2. The third-order valence-corrected chi connectivity index (χ3v) is 3.43. The second kappa shape index (κ2) is 3.24. The molecular weight excluding hydrogens is 184 g/mol. The summed E-state index contributed by atoms with van der Waals surface area (Å²) < 4.78 is 0. The standard InChI is InChI=1S/C13H20N2/c1-12(2)9-15-11-6-5-7-13(3,14-4)8-10(11)12/h5-8,14-15H,9H2,1-4H3. The predicted octanol–water partition coefficient (Wildman–Crippen LogP) is 1.97. The number of hydrogen-bond acceptors (Lipinski definition) is 2. The van der Waals surface area contributed by atoms with E-state index in [1.54, 1.807) is 0 Å². The van der Waals surface area contributed by atoms with Crippen LogP contribution in [0, 0.1) is 5.41 Å². The van der Waals surface area contributed by atoms with Crippen LogP contribution in [0.15, 0.2) is 35.6 Å². The molecule has 0 aromatic carbocycles. The summed E-state index contributed by atoms with van der Waals surface area (Å²) in [6, 6.07) is 0. The number of rotatable bonds is 1. The van der Waals surface area contributed by atoms with E-state index in [0.29, 0.717) is 0 Å². The second-order valence-corrected chi connectivity index (χ2v) is 5.27. The van der Waals surface area contributed by atoms with Gasteiger partial charge >= 0.3 is 0 Å². The van der Waals surface area contributed by atoms with E-state index < -0.39 is 0 Å². The summed E-state index contributed by atoms with van der Waals surface area (Å²) in [6.07, 6.45) is 8.83. The average Bonchev–Trinajstić information content (AvgIpc) is 2.39. The molecule has 1 fully saturated rings. The van der Waals surface area contributed by atoms with Crippen LogP contribution in [0.5, 0.6) is 0 Å². The van der Waals surface area contributed by atoms with Crippen LogP contribution in [-0.2, 0) is 0 Å². The van der Waals surface area contributed by atoms with E-state index in [0.717, 1.165) is 6.54 Å². The zero-order chi connectivity index (χ0) is 11.1. The van der Waals surface area contributed by atoms with Gasteiger partial charge in [-0.3, -0.25) is 0 Å². The number of fused-ring (bicyclic) bond motifs is 1. The molecule has 0 aromatic heterocycles. The van der Waals surface area contributed by atoms with E-state index in [4.69, 9.17) is 0 Å². The Morgan fingerprint density at radius 1 is 1.33 bits per heavy atom. The van der Waals surface area contributed by atoms with Crippen LogP contribution in [-0.4, -0.2) is 19.1 Å². The van der Waals surface area contributed by atoms with Crippen LogP contribution in [0.1, 0.15) is 20.8 Å². The summed E-state index contributed by atoms with van der Waals surface area (Å²) in [5, 5.41) is 6.81. The number of likely N-dealkylation sites (N-methyl/N-ethyl adjacent to an activating group) is 1. The molecule has 2 heteroatoms.